The molecule has 3 aliphatic rings. The highest BCUT2D eigenvalue weighted by molar-refractivity contribution is 6.91. The van der Waals surface area contributed by atoms with Gasteiger partial charge in [-0.05, 0) is 47.9 Å². The van der Waals surface area contributed by atoms with Gasteiger partial charge in [-0.1, -0.05) is 54.7 Å². The van der Waals surface area contributed by atoms with Crippen molar-refractivity contribution < 1.29 is 38.6 Å². The van der Waals surface area contributed by atoms with Crippen molar-refractivity contribution in [2.45, 2.75) is 82.8 Å². The smallest absolute Gasteiger partial charge is 0.304 e. The number of methoxy groups -OCH3 is 1. The Morgan fingerprint density at radius 1 is 1.13 bits per heavy atom. The van der Waals surface area contributed by atoms with E-state index in [0.717, 1.165) is 10.9 Å². The largest absolute Gasteiger partial charge is 0.497 e. The van der Waals surface area contributed by atoms with Gasteiger partial charge in [-0.2, -0.15) is 0 Å². The van der Waals surface area contributed by atoms with Gasteiger partial charge in [-0.25, -0.2) is 0 Å². The molecule has 7 rings (SSSR count). The van der Waals surface area contributed by atoms with Gasteiger partial charge < -0.3 is 24.2 Å². The van der Waals surface area contributed by atoms with Gasteiger partial charge in [-0.15, -0.1) is 5.10 Å². The van der Waals surface area contributed by atoms with Crippen molar-refractivity contribution in [2.75, 3.05) is 23.5 Å². The van der Waals surface area contributed by atoms with Gasteiger partial charge >= 0.3 is 5.97 Å². The van der Waals surface area contributed by atoms with Crippen LogP contribution in [0, 0.1) is 16.0 Å². The van der Waals surface area contributed by atoms with Gasteiger partial charge in [0.2, 0.25) is 5.91 Å². The van der Waals surface area contributed by atoms with Crippen molar-refractivity contribution in [1.82, 2.24) is 15.0 Å². The van der Waals surface area contributed by atoms with E-state index >= 15 is 4.79 Å². The highest BCUT2D eigenvalue weighted by Gasteiger charge is 2.66. The van der Waals surface area contributed by atoms with Crippen LogP contribution in [0.15, 0.2) is 72.9 Å². The van der Waals surface area contributed by atoms with E-state index in [1.165, 1.54) is 24.0 Å². The lowest BCUT2D eigenvalue weighted by Gasteiger charge is -2.39. The standard InChI is InChI=1S/C39H44N6O9Si/c1-24-37(55(4,5)31-12-10-30(52-3)11-13-31)34(15-17-42-23-27(16-18-46)40-41-42)54-39(24)32-20-29(45(50)51)9-14-33(32)43(38(39)49)22-26-7-6-8-28(19-26)44-35(48)21-36(44)53-25(2)47/h6-14,19-20,23-24,34,36-37,46H,15-18,21-22H2,1-5H3/t24-,34+,36?,37-,39+/m0/s1. The number of aromatic nitrogens is 3. The molecule has 0 bridgehead atoms. The summed E-state index contributed by atoms with van der Waals surface area (Å²) in [6, 6.07) is 19.6. The zero-order chi connectivity index (χ0) is 39.2. The maximum absolute atomic E-state index is 15.2. The molecule has 3 aliphatic heterocycles. The molecule has 16 heteroatoms. The Morgan fingerprint density at radius 2 is 1.89 bits per heavy atom. The maximum atomic E-state index is 15.2. The first-order chi connectivity index (χ1) is 26.3. The number of rotatable bonds is 13. The minimum Gasteiger partial charge on any atom is -0.497 e. The predicted molar refractivity (Wildman–Crippen MR) is 203 cm³/mol. The average Bonchev–Trinajstić information content (AvgIpc) is 3.80. The van der Waals surface area contributed by atoms with Crippen LogP contribution in [0.25, 0.3) is 0 Å². The number of nitrogens with zero attached hydrogens (tertiary/aromatic N) is 6. The summed E-state index contributed by atoms with van der Waals surface area (Å²) in [5, 5.41) is 31.2. The van der Waals surface area contributed by atoms with Crippen LogP contribution >= 0.6 is 0 Å². The number of hydrogen-bond acceptors (Lipinski definition) is 11. The van der Waals surface area contributed by atoms with Crippen LogP contribution in [0.5, 0.6) is 5.75 Å². The summed E-state index contributed by atoms with van der Waals surface area (Å²) in [5.74, 6) is -0.687. The number of nitro groups is 1. The van der Waals surface area contributed by atoms with Crippen molar-refractivity contribution >= 4 is 48.1 Å². The zero-order valence-corrected chi connectivity index (χ0v) is 32.4. The Bertz CT molecular complexity index is 2140. The molecule has 3 aromatic carbocycles. The van der Waals surface area contributed by atoms with Crippen LogP contribution < -0.4 is 19.7 Å². The van der Waals surface area contributed by atoms with E-state index in [9.17, 15) is 24.8 Å². The van der Waals surface area contributed by atoms with E-state index in [4.69, 9.17) is 14.2 Å². The number of benzene rings is 3. The third-order valence-electron chi connectivity index (χ3n) is 11.4. The first-order valence-corrected chi connectivity index (χ1v) is 21.4. The van der Waals surface area contributed by atoms with E-state index in [1.54, 1.807) is 47.2 Å². The van der Waals surface area contributed by atoms with Gasteiger partial charge in [0.1, 0.15) is 5.75 Å². The third-order valence-corrected chi connectivity index (χ3v) is 15.7. The Balaban J connectivity index is 1.28. The lowest BCUT2D eigenvalue weighted by Crippen LogP contribution is -2.54. The Hall–Kier alpha value is -5.45. The van der Waals surface area contributed by atoms with Crippen LogP contribution in [0.4, 0.5) is 17.1 Å². The number of aryl methyl sites for hydroxylation is 1. The number of fused-ring (bicyclic) bond motifs is 2. The first-order valence-electron chi connectivity index (χ1n) is 18.3. The zero-order valence-electron chi connectivity index (χ0n) is 31.4. The maximum Gasteiger partial charge on any atom is 0.304 e. The van der Waals surface area contributed by atoms with E-state index in [-0.39, 0.29) is 42.6 Å². The van der Waals surface area contributed by atoms with Crippen molar-refractivity contribution in [2.24, 2.45) is 5.92 Å². The number of aliphatic hydroxyl groups excluding tert-OH is 1. The number of hydrogen-bond donors (Lipinski definition) is 1. The number of carbonyl (C=O) groups is 3. The average molecular weight is 769 g/mol. The lowest BCUT2D eigenvalue weighted by atomic mass is 9.82. The number of carbonyl (C=O) groups excluding carboxylic acids is 3. The molecule has 0 aliphatic carbocycles. The molecular weight excluding hydrogens is 725 g/mol. The summed E-state index contributed by atoms with van der Waals surface area (Å²) >= 11 is 0. The van der Waals surface area contributed by atoms with E-state index in [0.29, 0.717) is 47.6 Å². The van der Waals surface area contributed by atoms with Crippen molar-refractivity contribution in [3.8, 4) is 5.75 Å². The van der Waals surface area contributed by atoms with Gasteiger partial charge in [0, 0.05) is 62.0 Å². The van der Waals surface area contributed by atoms with Gasteiger partial charge in [0.15, 0.2) is 11.8 Å². The summed E-state index contributed by atoms with van der Waals surface area (Å²) in [4.78, 5) is 54.3. The third kappa shape index (κ3) is 6.67. The molecule has 5 atom stereocenters. The Labute approximate surface area is 318 Å². The quantitative estimate of drug-likeness (QED) is 0.0677. The van der Waals surface area contributed by atoms with E-state index < -0.39 is 42.8 Å². The lowest BCUT2D eigenvalue weighted by molar-refractivity contribution is -0.385. The monoisotopic (exact) mass is 768 g/mol. The number of non-ortho nitro benzene ring substituents is 1. The molecule has 1 unspecified atom stereocenters. The molecule has 288 valence electrons. The minimum absolute atomic E-state index is 0.0478. The summed E-state index contributed by atoms with van der Waals surface area (Å²) in [6.07, 6.45) is 1.58. The van der Waals surface area contributed by atoms with Crippen molar-refractivity contribution in [1.29, 1.82) is 0 Å². The van der Waals surface area contributed by atoms with Crippen molar-refractivity contribution in [3.63, 3.8) is 0 Å². The number of nitro benzene ring substituents is 1. The molecule has 2 amide bonds. The van der Waals surface area contributed by atoms with Crippen LogP contribution in [-0.2, 0) is 49.0 Å². The minimum atomic E-state index is -2.51. The number of amides is 2. The van der Waals surface area contributed by atoms with Crippen LogP contribution in [0.3, 0.4) is 0 Å². The summed E-state index contributed by atoms with van der Waals surface area (Å²) in [6.45, 7) is 8.32. The molecule has 15 nitrogen and oxygen atoms in total. The number of anilines is 2. The first kappa shape index (κ1) is 37.8. The summed E-state index contributed by atoms with van der Waals surface area (Å²) in [5.41, 5.74) is 1.03. The molecular formula is C39H44N6O9Si. The molecule has 1 aromatic heterocycles. The van der Waals surface area contributed by atoms with Crippen LogP contribution in [0.2, 0.25) is 18.6 Å². The fourth-order valence-corrected chi connectivity index (χ4v) is 12.8. The number of ether oxygens (including phenoxy) is 3. The molecule has 2 fully saturated rings. The summed E-state index contributed by atoms with van der Waals surface area (Å²) < 4.78 is 19.6. The normalized spacial score (nSPS) is 23.2. The second-order valence-corrected chi connectivity index (χ2v) is 19.6. The molecule has 0 radical (unpaired) electrons. The predicted octanol–water partition coefficient (Wildman–Crippen LogP) is 4.21. The number of β-lactam (4-membered cyclic amide) rings is 1. The van der Waals surface area contributed by atoms with Crippen LogP contribution in [-0.4, -0.2) is 76.9 Å². The van der Waals surface area contributed by atoms with E-state index in [2.05, 4.69) is 35.5 Å². The summed E-state index contributed by atoms with van der Waals surface area (Å²) in [7, 11) is -0.889. The Kier molecular flexibility index (Phi) is 10.1. The van der Waals surface area contributed by atoms with Gasteiger partial charge in [0.05, 0.1) is 50.6 Å². The molecule has 4 aromatic rings. The highest BCUT2D eigenvalue weighted by atomic mass is 28.3. The molecule has 2 saturated heterocycles. The fourth-order valence-electron chi connectivity index (χ4n) is 8.75. The van der Waals surface area contributed by atoms with Gasteiger partial charge in [0.25, 0.3) is 11.6 Å². The number of aliphatic hydroxyl groups is 1. The van der Waals surface area contributed by atoms with Gasteiger partial charge in [-0.3, -0.25) is 34.1 Å². The van der Waals surface area contributed by atoms with Crippen LogP contribution in [0.1, 0.15) is 43.5 Å². The van der Waals surface area contributed by atoms with Crippen molar-refractivity contribution in [3.05, 3.63) is 99.9 Å². The molecule has 1 spiro atoms. The second-order valence-electron chi connectivity index (χ2n) is 14.9. The number of esters is 1. The molecule has 1 N–H and O–H groups in total. The molecule has 4 heterocycles. The Morgan fingerprint density at radius 3 is 2.56 bits per heavy atom. The van der Waals surface area contributed by atoms with E-state index in [1.807, 2.05) is 25.1 Å². The second kappa shape index (κ2) is 14.7. The highest BCUT2D eigenvalue weighted by Crippen LogP contribution is 2.60. The molecule has 55 heavy (non-hydrogen) atoms. The molecule has 0 saturated carbocycles. The SMILES string of the molecule is COc1ccc([Si](C)(C)[C@@H]2[C@@H](CCn3cc(CCO)nn3)O[C@]3(C(=O)N(Cc4cccc(N5C(=O)CC5OC(C)=O)c4)c4ccc([N+](=O)[O-])cc43)[C@H]2C)cc1. The topological polar surface area (TPSA) is 179 Å². The fraction of sp³-hybridized carbons (Fsp3) is 0.410.